The molecule has 28 heavy (non-hydrogen) atoms. The summed E-state index contributed by atoms with van der Waals surface area (Å²) in [6.07, 6.45) is 0. The fourth-order valence-corrected chi connectivity index (χ4v) is 3.82. The molecule has 3 aromatic carbocycles. The van der Waals surface area contributed by atoms with E-state index >= 15 is 0 Å². The van der Waals surface area contributed by atoms with Gasteiger partial charge in [0.1, 0.15) is 11.6 Å². The molecule has 0 atom stereocenters. The third kappa shape index (κ3) is 2.98. The molecule has 1 aliphatic rings. The summed E-state index contributed by atoms with van der Waals surface area (Å²) in [4.78, 5) is 5.08. The summed E-state index contributed by atoms with van der Waals surface area (Å²) in [6, 6.07) is 27.3. The van der Waals surface area contributed by atoms with Crippen molar-refractivity contribution >= 4 is 12.4 Å². The maximum Gasteiger partial charge on any atom is 0.141 e. The Bertz CT molecular complexity index is 1100. The highest BCUT2D eigenvalue weighted by Gasteiger charge is 2.26. The molecule has 0 bridgehead atoms. The smallest absolute Gasteiger partial charge is 0.141 e. The van der Waals surface area contributed by atoms with Crippen LogP contribution in [0.5, 0.6) is 5.75 Å². The monoisotopic (exact) mass is 388 g/mol. The molecule has 4 heteroatoms. The van der Waals surface area contributed by atoms with Crippen LogP contribution in [0.1, 0.15) is 12.5 Å². The zero-order valence-corrected chi connectivity index (χ0v) is 16.4. The highest BCUT2D eigenvalue weighted by Crippen LogP contribution is 2.41. The van der Waals surface area contributed by atoms with Gasteiger partial charge in [-0.2, -0.15) is 0 Å². The number of ether oxygens (including phenoxy) is 1. The molecule has 140 valence electrons. The normalized spacial score (nSPS) is 11.5. The Hall–Kier alpha value is -3.04. The average Bonchev–Trinajstić information content (AvgIpc) is 3.25. The van der Waals surface area contributed by atoms with E-state index in [0.717, 1.165) is 29.4 Å². The van der Waals surface area contributed by atoms with E-state index < -0.39 is 0 Å². The van der Waals surface area contributed by atoms with E-state index in [1.807, 2.05) is 19.1 Å². The van der Waals surface area contributed by atoms with E-state index in [4.69, 9.17) is 9.72 Å². The SMILES string of the molecule is CCOc1ccc(-c2nc3n(c2-c2ccccc2)Cc2ccccc2-3)cc1.Cl. The fraction of sp³-hybridized carbons (Fsp3) is 0.125. The van der Waals surface area contributed by atoms with Crippen LogP contribution in [-0.2, 0) is 6.54 Å². The predicted molar refractivity (Wildman–Crippen MR) is 116 cm³/mol. The zero-order chi connectivity index (χ0) is 18.2. The number of hydrogen-bond donors (Lipinski definition) is 0. The summed E-state index contributed by atoms with van der Waals surface area (Å²) in [7, 11) is 0. The van der Waals surface area contributed by atoms with Gasteiger partial charge in [0.05, 0.1) is 24.5 Å². The van der Waals surface area contributed by atoms with Gasteiger partial charge >= 0.3 is 0 Å². The van der Waals surface area contributed by atoms with Crippen molar-refractivity contribution in [3.05, 3.63) is 84.4 Å². The van der Waals surface area contributed by atoms with Gasteiger partial charge in [0.2, 0.25) is 0 Å². The van der Waals surface area contributed by atoms with Crippen molar-refractivity contribution in [1.29, 1.82) is 0 Å². The summed E-state index contributed by atoms with van der Waals surface area (Å²) >= 11 is 0. The molecule has 4 aromatic rings. The lowest BCUT2D eigenvalue weighted by molar-refractivity contribution is 0.340. The molecule has 1 aromatic heterocycles. The van der Waals surface area contributed by atoms with Crippen LogP contribution < -0.4 is 4.74 Å². The molecule has 3 nitrogen and oxygen atoms in total. The molecular weight excluding hydrogens is 368 g/mol. The largest absolute Gasteiger partial charge is 0.494 e. The van der Waals surface area contributed by atoms with Crippen molar-refractivity contribution in [3.8, 4) is 39.7 Å². The highest BCUT2D eigenvalue weighted by atomic mass is 35.5. The number of imidazole rings is 1. The summed E-state index contributed by atoms with van der Waals surface area (Å²) in [5, 5.41) is 0. The number of aromatic nitrogens is 2. The number of benzene rings is 3. The first-order valence-corrected chi connectivity index (χ1v) is 9.32. The van der Waals surface area contributed by atoms with Crippen LogP contribution in [0.4, 0.5) is 0 Å². The summed E-state index contributed by atoms with van der Waals surface area (Å²) in [5.74, 6) is 1.94. The second kappa shape index (κ2) is 7.53. The molecule has 1 aliphatic heterocycles. The van der Waals surface area contributed by atoms with Gasteiger partial charge in [-0.05, 0) is 36.8 Å². The first-order valence-electron chi connectivity index (χ1n) is 9.32. The quantitative estimate of drug-likeness (QED) is 0.374. The number of rotatable bonds is 4. The second-order valence-corrected chi connectivity index (χ2v) is 6.70. The van der Waals surface area contributed by atoms with Crippen molar-refractivity contribution in [2.45, 2.75) is 13.5 Å². The zero-order valence-electron chi connectivity index (χ0n) is 15.6. The topological polar surface area (TPSA) is 27.1 Å². The van der Waals surface area contributed by atoms with Gasteiger partial charge in [-0.1, -0.05) is 54.6 Å². The van der Waals surface area contributed by atoms with Gasteiger partial charge in [0.25, 0.3) is 0 Å². The summed E-state index contributed by atoms with van der Waals surface area (Å²) in [5.41, 5.74) is 7.05. The minimum atomic E-state index is 0. The first-order chi connectivity index (χ1) is 13.3. The van der Waals surface area contributed by atoms with Crippen molar-refractivity contribution in [2.24, 2.45) is 0 Å². The molecule has 0 spiro atoms. The van der Waals surface area contributed by atoms with Gasteiger partial charge in [0, 0.05) is 16.7 Å². The van der Waals surface area contributed by atoms with Gasteiger partial charge < -0.3 is 9.30 Å². The average molecular weight is 389 g/mol. The van der Waals surface area contributed by atoms with E-state index in [2.05, 4.69) is 71.3 Å². The molecule has 2 heterocycles. The maximum atomic E-state index is 5.59. The predicted octanol–water partition coefficient (Wildman–Crippen LogP) is 6.07. The van der Waals surface area contributed by atoms with Gasteiger partial charge in [-0.15, -0.1) is 12.4 Å². The van der Waals surface area contributed by atoms with E-state index in [-0.39, 0.29) is 12.4 Å². The van der Waals surface area contributed by atoms with Gasteiger partial charge in [-0.3, -0.25) is 0 Å². The molecule has 0 saturated heterocycles. The van der Waals surface area contributed by atoms with Crippen LogP contribution in [0.15, 0.2) is 78.9 Å². The third-order valence-electron chi connectivity index (χ3n) is 5.04. The van der Waals surface area contributed by atoms with Crippen LogP contribution in [-0.4, -0.2) is 16.2 Å². The Morgan fingerprint density at radius 2 is 1.57 bits per heavy atom. The minimum Gasteiger partial charge on any atom is -0.494 e. The van der Waals surface area contributed by atoms with Crippen LogP contribution in [0.2, 0.25) is 0 Å². The standard InChI is InChI=1S/C24H20N2O.ClH/c1-2-27-20-14-12-17(13-15-20)22-23(18-8-4-3-5-9-18)26-16-19-10-6-7-11-21(19)24(26)25-22;/h3-15H,2,16H2,1H3;1H. The van der Waals surface area contributed by atoms with Crippen LogP contribution in [0.25, 0.3) is 33.9 Å². The van der Waals surface area contributed by atoms with Crippen molar-refractivity contribution in [2.75, 3.05) is 6.61 Å². The molecule has 0 amide bonds. The lowest BCUT2D eigenvalue weighted by Gasteiger charge is -2.09. The highest BCUT2D eigenvalue weighted by molar-refractivity contribution is 5.85. The molecule has 0 saturated carbocycles. The van der Waals surface area contributed by atoms with E-state index in [1.165, 1.54) is 22.4 Å². The van der Waals surface area contributed by atoms with Gasteiger partial charge in [0.15, 0.2) is 0 Å². The molecule has 5 rings (SSSR count). The first kappa shape index (κ1) is 18.3. The maximum absolute atomic E-state index is 5.59. The van der Waals surface area contributed by atoms with Crippen molar-refractivity contribution in [3.63, 3.8) is 0 Å². The molecule has 0 radical (unpaired) electrons. The number of nitrogens with zero attached hydrogens (tertiary/aromatic N) is 2. The molecular formula is C24H21ClN2O. The van der Waals surface area contributed by atoms with Crippen molar-refractivity contribution in [1.82, 2.24) is 9.55 Å². The Kier molecular flexibility index (Phi) is 4.93. The Morgan fingerprint density at radius 1 is 0.857 bits per heavy atom. The van der Waals surface area contributed by atoms with E-state index in [0.29, 0.717) is 6.61 Å². The van der Waals surface area contributed by atoms with E-state index in [9.17, 15) is 0 Å². The number of halogens is 1. The Labute approximate surface area is 171 Å². The summed E-state index contributed by atoms with van der Waals surface area (Å²) < 4.78 is 7.93. The Balaban J connectivity index is 0.00000192. The second-order valence-electron chi connectivity index (χ2n) is 6.70. The van der Waals surface area contributed by atoms with Crippen LogP contribution in [0, 0.1) is 0 Å². The van der Waals surface area contributed by atoms with Gasteiger partial charge in [-0.25, -0.2) is 4.98 Å². The lowest BCUT2D eigenvalue weighted by Crippen LogP contribution is -1.97. The Morgan fingerprint density at radius 3 is 2.32 bits per heavy atom. The molecule has 0 unspecified atom stereocenters. The minimum absolute atomic E-state index is 0. The summed E-state index contributed by atoms with van der Waals surface area (Å²) in [6.45, 7) is 3.53. The fourth-order valence-electron chi connectivity index (χ4n) is 3.82. The molecule has 0 aliphatic carbocycles. The third-order valence-corrected chi connectivity index (χ3v) is 5.04. The lowest BCUT2D eigenvalue weighted by atomic mass is 10.0. The van der Waals surface area contributed by atoms with Crippen LogP contribution in [0.3, 0.4) is 0 Å². The van der Waals surface area contributed by atoms with Crippen LogP contribution >= 0.6 is 12.4 Å². The van der Waals surface area contributed by atoms with E-state index in [1.54, 1.807) is 0 Å². The van der Waals surface area contributed by atoms with Crippen molar-refractivity contribution < 1.29 is 4.74 Å². The number of fused-ring (bicyclic) bond motifs is 3. The molecule has 0 fully saturated rings. The number of hydrogen-bond acceptors (Lipinski definition) is 2. The molecule has 0 N–H and O–H groups in total.